The molecule has 0 bridgehead atoms. The van der Waals surface area contributed by atoms with E-state index in [-0.39, 0.29) is 29.5 Å². The Balaban J connectivity index is 0.00000200. The Morgan fingerprint density at radius 2 is 1.90 bits per heavy atom. The molecule has 2 aliphatic rings. The third kappa shape index (κ3) is 5.04. The van der Waals surface area contributed by atoms with Crippen molar-refractivity contribution < 1.29 is 4.74 Å². The number of likely N-dealkylation sites (N-methyl/N-ethyl adjacent to an activating group) is 1. The van der Waals surface area contributed by atoms with Crippen molar-refractivity contribution in [2.24, 2.45) is 10.9 Å². The summed E-state index contributed by atoms with van der Waals surface area (Å²) < 4.78 is 5.49. The van der Waals surface area contributed by atoms with E-state index >= 15 is 0 Å². The van der Waals surface area contributed by atoms with Crippen LogP contribution < -0.4 is 10.6 Å². The minimum Gasteiger partial charge on any atom is -0.381 e. The minimum absolute atomic E-state index is 0. The second-order valence-electron chi connectivity index (χ2n) is 5.98. The number of rotatable bonds is 5. The maximum Gasteiger partial charge on any atom is 0.191 e. The fourth-order valence-electron chi connectivity index (χ4n) is 2.57. The first-order valence-corrected chi connectivity index (χ1v) is 7.36. The van der Waals surface area contributed by atoms with Gasteiger partial charge in [0.15, 0.2) is 5.96 Å². The first kappa shape index (κ1) is 18.0. The standard InChI is InChI=1S/C14H28N4O.HI/c1-15-13(16-10-12-4-5-12)17-11-14(18(2)3)6-8-19-9-7-14;/h12H,4-11H2,1-3H3,(H2,15,16,17);1H. The van der Waals surface area contributed by atoms with Crippen molar-refractivity contribution >= 4 is 29.9 Å². The predicted molar refractivity (Wildman–Crippen MR) is 94.0 cm³/mol. The summed E-state index contributed by atoms with van der Waals surface area (Å²) in [6.07, 6.45) is 4.88. The predicted octanol–water partition coefficient (Wildman–Crippen LogP) is 1.29. The average Bonchev–Trinajstić information content (AvgIpc) is 3.24. The molecule has 0 amide bonds. The molecule has 5 nitrogen and oxygen atoms in total. The van der Waals surface area contributed by atoms with Crippen molar-refractivity contribution in [3.63, 3.8) is 0 Å². The summed E-state index contributed by atoms with van der Waals surface area (Å²) in [6, 6.07) is 0. The van der Waals surface area contributed by atoms with E-state index in [2.05, 4.69) is 34.6 Å². The molecule has 2 fully saturated rings. The fraction of sp³-hybridized carbons (Fsp3) is 0.929. The molecular formula is C14H29IN4O. The van der Waals surface area contributed by atoms with Gasteiger partial charge in [0.05, 0.1) is 0 Å². The smallest absolute Gasteiger partial charge is 0.191 e. The van der Waals surface area contributed by atoms with Gasteiger partial charge in [0.1, 0.15) is 0 Å². The topological polar surface area (TPSA) is 48.9 Å². The van der Waals surface area contributed by atoms with E-state index in [9.17, 15) is 0 Å². The summed E-state index contributed by atoms with van der Waals surface area (Å²) in [4.78, 5) is 6.64. The summed E-state index contributed by atoms with van der Waals surface area (Å²) >= 11 is 0. The molecule has 1 saturated carbocycles. The molecule has 118 valence electrons. The molecule has 1 saturated heterocycles. The summed E-state index contributed by atoms with van der Waals surface area (Å²) in [7, 11) is 6.16. The van der Waals surface area contributed by atoms with Crippen molar-refractivity contribution in [2.75, 3.05) is 47.4 Å². The van der Waals surface area contributed by atoms with Crippen LogP contribution in [0.3, 0.4) is 0 Å². The largest absolute Gasteiger partial charge is 0.381 e. The number of nitrogens with one attached hydrogen (secondary N) is 2. The van der Waals surface area contributed by atoms with Crippen LogP contribution in [0.1, 0.15) is 25.7 Å². The highest BCUT2D eigenvalue weighted by Crippen LogP contribution is 2.27. The zero-order valence-electron chi connectivity index (χ0n) is 12.9. The van der Waals surface area contributed by atoms with Crippen molar-refractivity contribution in [3.05, 3.63) is 0 Å². The van der Waals surface area contributed by atoms with E-state index in [1.165, 1.54) is 12.8 Å². The lowest BCUT2D eigenvalue weighted by Gasteiger charge is -2.43. The lowest BCUT2D eigenvalue weighted by Crippen LogP contribution is -2.57. The molecule has 0 aromatic heterocycles. The SMILES string of the molecule is CN=C(NCC1CC1)NCC1(N(C)C)CCOCC1.I. The van der Waals surface area contributed by atoms with E-state index in [1.54, 1.807) is 0 Å². The van der Waals surface area contributed by atoms with Gasteiger partial charge in [0, 0.05) is 38.9 Å². The van der Waals surface area contributed by atoms with Gasteiger partial charge < -0.3 is 20.3 Å². The van der Waals surface area contributed by atoms with Gasteiger partial charge in [-0.05, 0) is 45.7 Å². The number of guanidine groups is 1. The monoisotopic (exact) mass is 396 g/mol. The Hall–Kier alpha value is -0.0800. The lowest BCUT2D eigenvalue weighted by molar-refractivity contribution is -0.00501. The van der Waals surface area contributed by atoms with Gasteiger partial charge in [-0.3, -0.25) is 4.99 Å². The Morgan fingerprint density at radius 3 is 2.40 bits per heavy atom. The van der Waals surface area contributed by atoms with Gasteiger partial charge in [0.2, 0.25) is 0 Å². The van der Waals surface area contributed by atoms with Crippen LogP contribution in [0.15, 0.2) is 4.99 Å². The van der Waals surface area contributed by atoms with Gasteiger partial charge in [-0.15, -0.1) is 24.0 Å². The molecule has 2 rings (SSSR count). The zero-order valence-corrected chi connectivity index (χ0v) is 15.3. The molecule has 0 spiro atoms. The molecule has 0 unspecified atom stereocenters. The van der Waals surface area contributed by atoms with Gasteiger partial charge >= 0.3 is 0 Å². The van der Waals surface area contributed by atoms with Gasteiger partial charge in [0.25, 0.3) is 0 Å². The van der Waals surface area contributed by atoms with Crippen LogP contribution in [0.2, 0.25) is 0 Å². The zero-order chi connectivity index (χ0) is 13.7. The quantitative estimate of drug-likeness (QED) is 0.418. The normalized spacial score (nSPS) is 22.3. The molecule has 1 aliphatic carbocycles. The Morgan fingerprint density at radius 1 is 1.25 bits per heavy atom. The Bertz CT molecular complexity index is 312. The van der Waals surface area contributed by atoms with Crippen molar-refractivity contribution in [2.45, 2.75) is 31.2 Å². The number of nitrogens with zero attached hydrogens (tertiary/aromatic N) is 2. The van der Waals surface area contributed by atoms with Crippen LogP contribution in [0.4, 0.5) is 0 Å². The van der Waals surface area contributed by atoms with Crippen LogP contribution in [-0.4, -0.2) is 63.8 Å². The van der Waals surface area contributed by atoms with E-state index in [0.29, 0.717) is 0 Å². The number of hydrogen-bond acceptors (Lipinski definition) is 3. The van der Waals surface area contributed by atoms with Crippen LogP contribution in [-0.2, 0) is 4.74 Å². The molecule has 0 aromatic rings. The summed E-state index contributed by atoms with van der Waals surface area (Å²) in [6.45, 7) is 3.69. The lowest BCUT2D eigenvalue weighted by atomic mass is 9.88. The maximum atomic E-state index is 5.49. The highest BCUT2D eigenvalue weighted by molar-refractivity contribution is 14.0. The number of hydrogen-bond donors (Lipinski definition) is 2. The first-order chi connectivity index (χ1) is 9.16. The third-order valence-corrected chi connectivity index (χ3v) is 4.44. The van der Waals surface area contributed by atoms with Crippen LogP contribution in [0, 0.1) is 5.92 Å². The Labute approximate surface area is 139 Å². The number of ether oxygens (including phenoxy) is 1. The second kappa shape index (κ2) is 8.38. The third-order valence-electron chi connectivity index (χ3n) is 4.44. The van der Waals surface area contributed by atoms with Crippen molar-refractivity contribution in [1.82, 2.24) is 15.5 Å². The van der Waals surface area contributed by atoms with Crippen molar-refractivity contribution in [3.8, 4) is 0 Å². The van der Waals surface area contributed by atoms with E-state index < -0.39 is 0 Å². The molecule has 1 heterocycles. The molecule has 0 aromatic carbocycles. The minimum atomic E-state index is 0. The Kier molecular flexibility index (Phi) is 7.53. The van der Waals surface area contributed by atoms with Crippen molar-refractivity contribution in [1.29, 1.82) is 0 Å². The van der Waals surface area contributed by atoms with E-state index in [4.69, 9.17) is 4.74 Å². The highest BCUT2D eigenvalue weighted by Gasteiger charge is 2.34. The number of aliphatic imine (C=N–C) groups is 1. The highest BCUT2D eigenvalue weighted by atomic mass is 127. The van der Waals surface area contributed by atoms with E-state index in [1.807, 2.05) is 7.05 Å². The molecule has 1 aliphatic heterocycles. The average molecular weight is 396 g/mol. The van der Waals surface area contributed by atoms with Gasteiger partial charge in [-0.2, -0.15) is 0 Å². The number of halogens is 1. The molecule has 20 heavy (non-hydrogen) atoms. The van der Waals surface area contributed by atoms with Crippen LogP contribution in [0.25, 0.3) is 0 Å². The summed E-state index contributed by atoms with van der Waals surface area (Å²) in [5.74, 6) is 1.80. The molecule has 0 atom stereocenters. The van der Waals surface area contributed by atoms with Gasteiger partial charge in [-0.25, -0.2) is 0 Å². The second-order valence-corrected chi connectivity index (χ2v) is 5.98. The van der Waals surface area contributed by atoms with Crippen LogP contribution in [0.5, 0.6) is 0 Å². The molecule has 0 radical (unpaired) electrons. The van der Waals surface area contributed by atoms with Crippen LogP contribution >= 0.6 is 24.0 Å². The van der Waals surface area contributed by atoms with Gasteiger partial charge in [-0.1, -0.05) is 0 Å². The van der Waals surface area contributed by atoms with E-state index in [0.717, 1.165) is 51.0 Å². The summed E-state index contributed by atoms with van der Waals surface area (Å²) in [5, 5.41) is 6.90. The maximum absolute atomic E-state index is 5.49. The molecule has 2 N–H and O–H groups in total. The fourth-order valence-corrected chi connectivity index (χ4v) is 2.57. The first-order valence-electron chi connectivity index (χ1n) is 7.36. The molecular weight excluding hydrogens is 367 g/mol. The summed E-state index contributed by atoms with van der Waals surface area (Å²) in [5.41, 5.74) is 0.190. The molecule has 6 heteroatoms.